The molecule has 2 aromatic rings. The monoisotopic (exact) mass is 342 g/mol. The summed E-state index contributed by atoms with van der Waals surface area (Å²) in [6, 6.07) is 10.2. The molecule has 1 unspecified atom stereocenters. The first-order chi connectivity index (χ1) is 11.7. The molecular formula is C19H22N2O2S. The first-order valence-electron chi connectivity index (χ1n) is 8.60. The number of hydrogen-bond acceptors (Lipinski definition) is 4. The van der Waals surface area contributed by atoms with Crippen molar-refractivity contribution in [2.24, 2.45) is 5.41 Å². The second-order valence-corrected chi connectivity index (χ2v) is 7.80. The van der Waals surface area contributed by atoms with E-state index in [9.17, 15) is 4.79 Å². The molecule has 4 nitrogen and oxygen atoms in total. The highest BCUT2D eigenvalue weighted by molar-refractivity contribution is 7.09. The molecule has 2 aliphatic rings. The van der Waals surface area contributed by atoms with Crippen molar-refractivity contribution in [1.82, 2.24) is 9.88 Å². The molecule has 1 aromatic carbocycles. The van der Waals surface area contributed by atoms with E-state index in [4.69, 9.17) is 9.72 Å². The number of amides is 1. The molecule has 126 valence electrons. The molecule has 0 N–H and O–H groups in total. The summed E-state index contributed by atoms with van der Waals surface area (Å²) in [7, 11) is 0. The molecule has 0 aliphatic carbocycles. The van der Waals surface area contributed by atoms with E-state index >= 15 is 0 Å². The molecule has 1 atom stereocenters. The SMILES string of the molecule is O=C1CCC2(CCOC2)CN1CCc1nc(-c2ccccc2)cs1. The van der Waals surface area contributed by atoms with Gasteiger partial charge in [-0.2, -0.15) is 0 Å². The van der Waals surface area contributed by atoms with Crippen molar-refractivity contribution in [3.8, 4) is 11.3 Å². The highest BCUT2D eigenvalue weighted by Gasteiger charge is 2.41. The van der Waals surface area contributed by atoms with Crippen LogP contribution in [0.3, 0.4) is 0 Å². The van der Waals surface area contributed by atoms with Crippen molar-refractivity contribution < 1.29 is 9.53 Å². The summed E-state index contributed by atoms with van der Waals surface area (Å²) in [4.78, 5) is 19.0. The predicted octanol–water partition coefficient (Wildman–Crippen LogP) is 3.38. The van der Waals surface area contributed by atoms with Gasteiger partial charge in [-0.1, -0.05) is 30.3 Å². The maximum atomic E-state index is 12.3. The summed E-state index contributed by atoms with van der Waals surface area (Å²) < 4.78 is 5.59. The van der Waals surface area contributed by atoms with Gasteiger partial charge in [-0.3, -0.25) is 4.79 Å². The minimum absolute atomic E-state index is 0.214. The number of ether oxygens (including phenoxy) is 1. The van der Waals surface area contributed by atoms with Gasteiger partial charge in [0.15, 0.2) is 0 Å². The minimum Gasteiger partial charge on any atom is -0.381 e. The third kappa shape index (κ3) is 3.23. The number of nitrogens with zero attached hydrogens (tertiary/aromatic N) is 2. The number of aromatic nitrogens is 1. The fourth-order valence-corrected chi connectivity index (χ4v) is 4.47. The number of carbonyl (C=O) groups is 1. The predicted molar refractivity (Wildman–Crippen MR) is 94.9 cm³/mol. The lowest BCUT2D eigenvalue weighted by Crippen LogP contribution is -2.47. The number of benzene rings is 1. The standard InChI is InChI=1S/C19H22N2O2S/c22-18-6-8-19(9-11-23-14-19)13-21(18)10-7-17-20-16(12-24-17)15-4-2-1-3-5-15/h1-5,12H,6-11,13-14H2. The Balaban J connectivity index is 1.39. The smallest absolute Gasteiger partial charge is 0.222 e. The van der Waals surface area contributed by atoms with Gasteiger partial charge in [0.2, 0.25) is 5.91 Å². The first-order valence-corrected chi connectivity index (χ1v) is 9.47. The molecule has 0 saturated carbocycles. The zero-order valence-electron chi connectivity index (χ0n) is 13.7. The molecule has 1 spiro atoms. The van der Waals surface area contributed by atoms with E-state index in [0.717, 1.165) is 61.8 Å². The van der Waals surface area contributed by atoms with E-state index in [1.807, 2.05) is 23.1 Å². The maximum Gasteiger partial charge on any atom is 0.222 e. The zero-order valence-corrected chi connectivity index (χ0v) is 14.6. The molecule has 1 amide bonds. The zero-order chi connectivity index (χ0) is 16.4. The van der Waals surface area contributed by atoms with E-state index in [0.29, 0.717) is 6.42 Å². The van der Waals surface area contributed by atoms with Crippen LogP contribution in [0.25, 0.3) is 11.3 Å². The van der Waals surface area contributed by atoms with E-state index < -0.39 is 0 Å². The molecular weight excluding hydrogens is 320 g/mol. The van der Waals surface area contributed by atoms with Gasteiger partial charge in [-0.15, -0.1) is 11.3 Å². The summed E-state index contributed by atoms with van der Waals surface area (Å²) in [6.07, 6.45) is 3.57. The van der Waals surface area contributed by atoms with Crippen molar-refractivity contribution in [3.63, 3.8) is 0 Å². The lowest BCUT2D eigenvalue weighted by molar-refractivity contribution is -0.137. The summed E-state index contributed by atoms with van der Waals surface area (Å²) in [5.41, 5.74) is 2.39. The van der Waals surface area contributed by atoms with Crippen molar-refractivity contribution in [1.29, 1.82) is 0 Å². The van der Waals surface area contributed by atoms with Gasteiger partial charge in [-0.05, 0) is 12.8 Å². The summed E-state index contributed by atoms with van der Waals surface area (Å²) in [6.45, 7) is 3.27. The Morgan fingerprint density at radius 1 is 1.25 bits per heavy atom. The number of thiazole rings is 1. The van der Waals surface area contributed by atoms with Crippen LogP contribution in [0.2, 0.25) is 0 Å². The highest BCUT2D eigenvalue weighted by Crippen LogP contribution is 2.38. The fraction of sp³-hybridized carbons (Fsp3) is 0.474. The third-order valence-corrected chi connectivity index (χ3v) is 6.06. The number of likely N-dealkylation sites (tertiary alicyclic amines) is 1. The van der Waals surface area contributed by atoms with E-state index in [1.165, 1.54) is 0 Å². The van der Waals surface area contributed by atoms with Gasteiger partial charge < -0.3 is 9.64 Å². The molecule has 5 heteroatoms. The second-order valence-electron chi connectivity index (χ2n) is 6.86. The number of carbonyl (C=O) groups excluding carboxylic acids is 1. The van der Waals surface area contributed by atoms with Crippen LogP contribution in [-0.2, 0) is 16.0 Å². The molecule has 2 saturated heterocycles. The van der Waals surface area contributed by atoms with Crippen LogP contribution in [0.15, 0.2) is 35.7 Å². The Hall–Kier alpha value is -1.72. The fourth-order valence-electron chi connectivity index (χ4n) is 3.68. The Kier molecular flexibility index (Phi) is 4.37. The average Bonchev–Trinajstić information content (AvgIpc) is 3.27. The van der Waals surface area contributed by atoms with Crippen LogP contribution in [0.1, 0.15) is 24.3 Å². The van der Waals surface area contributed by atoms with Gasteiger partial charge in [-0.25, -0.2) is 4.98 Å². The lowest BCUT2D eigenvalue weighted by Gasteiger charge is -2.39. The average molecular weight is 342 g/mol. The van der Waals surface area contributed by atoms with Gasteiger partial charge in [0.05, 0.1) is 17.3 Å². The van der Waals surface area contributed by atoms with Crippen LogP contribution in [0, 0.1) is 5.41 Å². The van der Waals surface area contributed by atoms with E-state index in [-0.39, 0.29) is 11.3 Å². The Morgan fingerprint density at radius 2 is 2.12 bits per heavy atom. The molecule has 2 fully saturated rings. The molecule has 1 aromatic heterocycles. The van der Waals surface area contributed by atoms with Crippen molar-refractivity contribution in [3.05, 3.63) is 40.7 Å². The van der Waals surface area contributed by atoms with Crippen molar-refractivity contribution >= 4 is 17.2 Å². The molecule has 0 bridgehead atoms. The van der Waals surface area contributed by atoms with E-state index in [2.05, 4.69) is 17.5 Å². The van der Waals surface area contributed by atoms with Crippen LogP contribution in [0.5, 0.6) is 0 Å². The van der Waals surface area contributed by atoms with Gasteiger partial charge in [0.1, 0.15) is 0 Å². The van der Waals surface area contributed by atoms with Gasteiger partial charge >= 0.3 is 0 Å². The Morgan fingerprint density at radius 3 is 2.92 bits per heavy atom. The highest BCUT2D eigenvalue weighted by atomic mass is 32.1. The van der Waals surface area contributed by atoms with Crippen LogP contribution in [-0.4, -0.2) is 42.1 Å². The molecule has 24 heavy (non-hydrogen) atoms. The van der Waals surface area contributed by atoms with Crippen LogP contribution < -0.4 is 0 Å². The second kappa shape index (κ2) is 6.65. The normalized spacial score (nSPS) is 24.0. The number of piperidine rings is 1. The van der Waals surface area contributed by atoms with Crippen molar-refractivity contribution in [2.45, 2.75) is 25.7 Å². The molecule has 0 radical (unpaired) electrons. The Bertz CT molecular complexity index is 707. The Labute approximate surface area is 146 Å². The van der Waals surface area contributed by atoms with Crippen molar-refractivity contribution in [2.75, 3.05) is 26.3 Å². The van der Waals surface area contributed by atoms with Gasteiger partial charge in [0.25, 0.3) is 0 Å². The number of rotatable bonds is 4. The maximum absolute atomic E-state index is 12.3. The van der Waals surface area contributed by atoms with Crippen LogP contribution >= 0.6 is 11.3 Å². The summed E-state index contributed by atoms with van der Waals surface area (Å²) in [5, 5.41) is 3.21. The first kappa shape index (κ1) is 15.8. The molecule has 4 rings (SSSR count). The quantitative estimate of drug-likeness (QED) is 0.855. The topological polar surface area (TPSA) is 42.4 Å². The minimum atomic E-state index is 0.214. The largest absolute Gasteiger partial charge is 0.381 e. The summed E-state index contributed by atoms with van der Waals surface area (Å²) >= 11 is 1.68. The van der Waals surface area contributed by atoms with E-state index in [1.54, 1.807) is 11.3 Å². The third-order valence-electron chi connectivity index (χ3n) is 5.15. The lowest BCUT2D eigenvalue weighted by atomic mass is 9.79. The van der Waals surface area contributed by atoms with Gasteiger partial charge in [0, 0.05) is 48.9 Å². The molecule has 3 heterocycles. The number of hydrogen-bond donors (Lipinski definition) is 0. The summed E-state index contributed by atoms with van der Waals surface area (Å²) in [5.74, 6) is 0.285. The van der Waals surface area contributed by atoms with Crippen LogP contribution in [0.4, 0.5) is 0 Å². The molecule has 2 aliphatic heterocycles.